The number of carbonyl (C=O) groups is 1. The number of aromatic carboxylic acids is 1. The maximum Gasteiger partial charge on any atom is 0.336 e. The number of hydrogen-bond acceptors (Lipinski definition) is 2. The van der Waals surface area contributed by atoms with Crippen LogP contribution >= 0.6 is 0 Å². The Morgan fingerprint density at radius 1 is 1.04 bits per heavy atom. The first-order valence-corrected chi connectivity index (χ1v) is 9.30. The molecule has 1 aliphatic rings. The Balaban J connectivity index is 1.94. The average molecular weight is 348 g/mol. The normalized spacial score (nSPS) is 16.7. The molecule has 4 heteroatoms. The molecule has 1 aliphatic heterocycles. The summed E-state index contributed by atoms with van der Waals surface area (Å²) in [5, 5.41) is 10.9. The standard InChI is InChI=1S/C22H24N2O2/c1-15-20(18-11-5-6-12-19(18)23-15)21(24-13-7-2-8-14-24)16-9-3-4-10-17(16)22(25)26/h3-6,9-12,21,23H,2,7-8,13-14H2,1H3,(H,25,26). The molecule has 2 aromatic carbocycles. The van der Waals surface area contributed by atoms with Gasteiger partial charge in [-0.05, 0) is 50.6 Å². The van der Waals surface area contributed by atoms with Gasteiger partial charge in [0.25, 0.3) is 0 Å². The van der Waals surface area contributed by atoms with Gasteiger partial charge in [-0.3, -0.25) is 4.90 Å². The Bertz CT molecular complexity index is 938. The molecule has 4 nitrogen and oxygen atoms in total. The Hall–Kier alpha value is -2.59. The number of carboxylic acid groups (broad SMARTS) is 1. The summed E-state index contributed by atoms with van der Waals surface area (Å²) in [5.41, 5.74) is 4.70. The van der Waals surface area contributed by atoms with E-state index in [4.69, 9.17) is 0 Å². The number of aromatic amines is 1. The zero-order chi connectivity index (χ0) is 18.1. The van der Waals surface area contributed by atoms with Crippen LogP contribution in [0.3, 0.4) is 0 Å². The fraction of sp³-hybridized carbons (Fsp3) is 0.318. The monoisotopic (exact) mass is 348 g/mol. The van der Waals surface area contributed by atoms with Gasteiger partial charge in [0.15, 0.2) is 0 Å². The third-order valence-corrected chi connectivity index (χ3v) is 5.46. The zero-order valence-electron chi connectivity index (χ0n) is 15.0. The van der Waals surface area contributed by atoms with Crippen LogP contribution < -0.4 is 0 Å². The molecule has 0 amide bonds. The number of nitrogens with one attached hydrogen (secondary N) is 1. The minimum atomic E-state index is -0.861. The van der Waals surface area contributed by atoms with Gasteiger partial charge in [0.1, 0.15) is 0 Å². The van der Waals surface area contributed by atoms with Crippen LogP contribution in [0.15, 0.2) is 48.5 Å². The molecule has 1 aromatic heterocycles. The van der Waals surface area contributed by atoms with Crippen molar-refractivity contribution >= 4 is 16.9 Å². The third-order valence-electron chi connectivity index (χ3n) is 5.46. The van der Waals surface area contributed by atoms with Gasteiger partial charge in [-0.1, -0.05) is 42.8 Å². The Morgan fingerprint density at radius 3 is 2.50 bits per heavy atom. The second kappa shape index (κ2) is 6.96. The molecule has 0 aliphatic carbocycles. The van der Waals surface area contributed by atoms with Crippen LogP contribution in [0.4, 0.5) is 0 Å². The Morgan fingerprint density at radius 2 is 1.73 bits per heavy atom. The third kappa shape index (κ3) is 2.90. The lowest BCUT2D eigenvalue weighted by atomic mass is 9.90. The van der Waals surface area contributed by atoms with Crippen LogP contribution in [0.25, 0.3) is 10.9 Å². The summed E-state index contributed by atoms with van der Waals surface area (Å²) in [6.45, 7) is 4.09. The molecule has 1 saturated heterocycles. The first-order chi connectivity index (χ1) is 12.7. The lowest BCUT2D eigenvalue weighted by molar-refractivity contribution is 0.0692. The summed E-state index contributed by atoms with van der Waals surface area (Å²) in [6, 6.07) is 15.7. The summed E-state index contributed by atoms with van der Waals surface area (Å²) >= 11 is 0. The number of piperidine rings is 1. The van der Waals surface area contributed by atoms with Gasteiger partial charge in [0, 0.05) is 22.2 Å². The highest BCUT2D eigenvalue weighted by molar-refractivity contribution is 5.91. The summed E-state index contributed by atoms with van der Waals surface area (Å²) < 4.78 is 0. The van der Waals surface area contributed by atoms with Crippen molar-refractivity contribution in [1.82, 2.24) is 9.88 Å². The van der Waals surface area contributed by atoms with E-state index in [2.05, 4.69) is 35.0 Å². The molecule has 26 heavy (non-hydrogen) atoms. The van der Waals surface area contributed by atoms with Crippen molar-refractivity contribution < 1.29 is 9.90 Å². The van der Waals surface area contributed by atoms with Crippen molar-refractivity contribution in [3.05, 3.63) is 70.9 Å². The molecule has 0 spiro atoms. The quantitative estimate of drug-likeness (QED) is 0.715. The molecule has 3 aromatic rings. The van der Waals surface area contributed by atoms with E-state index in [0.717, 1.165) is 42.7 Å². The molecule has 1 atom stereocenters. The molecular formula is C22H24N2O2. The summed E-state index contributed by atoms with van der Waals surface area (Å²) in [7, 11) is 0. The van der Waals surface area contributed by atoms with Gasteiger partial charge in [-0.15, -0.1) is 0 Å². The number of likely N-dealkylation sites (tertiary alicyclic amines) is 1. The van der Waals surface area contributed by atoms with Crippen molar-refractivity contribution in [3.63, 3.8) is 0 Å². The van der Waals surface area contributed by atoms with E-state index < -0.39 is 5.97 Å². The predicted molar refractivity (Wildman–Crippen MR) is 104 cm³/mol. The van der Waals surface area contributed by atoms with Crippen LogP contribution in [-0.2, 0) is 0 Å². The number of benzene rings is 2. The van der Waals surface area contributed by atoms with Crippen molar-refractivity contribution in [2.24, 2.45) is 0 Å². The number of H-pyrrole nitrogens is 1. The van der Waals surface area contributed by atoms with Gasteiger partial charge in [0.2, 0.25) is 0 Å². The number of nitrogens with zero attached hydrogens (tertiary/aromatic N) is 1. The minimum absolute atomic E-state index is 0.0428. The van der Waals surface area contributed by atoms with Crippen LogP contribution in [0.2, 0.25) is 0 Å². The second-order valence-electron chi connectivity index (χ2n) is 7.10. The van der Waals surface area contributed by atoms with E-state index in [1.807, 2.05) is 24.3 Å². The highest BCUT2D eigenvalue weighted by atomic mass is 16.4. The first-order valence-electron chi connectivity index (χ1n) is 9.30. The first kappa shape index (κ1) is 16.9. The van der Waals surface area contributed by atoms with Crippen molar-refractivity contribution in [1.29, 1.82) is 0 Å². The highest BCUT2D eigenvalue weighted by Crippen LogP contribution is 2.38. The minimum Gasteiger partial charge on any atom is -0.478 e. The molecule has 0 bridgehead atoms. The van der Waals surface area contributed by atoms with Crippen LogP contribution in [0, 0.1) is 6.92 Å². The Kier molecular flexibility index (Phi) is 4.51. The number of fused-ring (bicyclic) bond motifs is 1. The molecular weight excluding hydrogens is 324 g/mol. The van der Waals surface area contributed by atoms with Crippen LogP contribution in [0.5, 0.6) is 0 Å². The predicted octanol–water partition coefficient (Wildman–Crippen LogP) is 4.75. The van der Waals surface area contributed by atoms with Crippen LogP contribution in [0.1, 0.15) is 52.5 Å². The molecule has 4 rings (SSSR count). The van der Waals surface area contributed by atoms with E-state index in [9.17, 15) is 9.90 Å². The van der Waals surface area contributed by atoms with Gasteiger partial charge in [-0.25, -0.2) is 4.79 Å². The number of hydrogen-bond donors (Lipinski definition) is 2. The molecule has 2 N–H and O–H groups in total. The molecule has 134 valence electrons. The van der Waals surface area contributed by atoms with E-state index >= 15 is 0 Å². The lowest BCUT2D eigenvalue weighted by Crippen LogP contribution is -2.35. The van der Waals surface area contributed by atoms with Crippen molar-refractivity contribution in [2.75, 3.05) is 13.1 Å². The maximum absolute atomic E-state index is 11.9. The smallest absolute Gasteiger partial charge is 0.336 e. The van der Waals surface area contributed by atoms with Gasteiger partial charge in [0.05, 0.1) is 11.6 Å². The molecule has 2 heterocycles. The van der Waals surface area contributed by atoms with Crippen molar-refractivity contribution in [3.8, 4) is 0 Å². The largest absolute Gasteiger partial charge is 0.478 e. The topological polar surface area (TPSA) is 56.3 Å². The summed E-state index contributed by atoms with van der Waals surface area (Å²) in [4.78, 5) is 17.8. The highest BCUT2D eigenvalue weighted by Gasteiger charge is 2.30. The second-order valence-corrected chi connectivity index (χ2v) is 7.10. The molecule has 1 fully saturated rings. The van der Waals surface area contributed by atoms with Gasteiger partial charge < -0.3 is 10.1 Å². The zero-order valence-corrected chi connectivity index (χ0v) is 15.0. The number of aromatic nitrogens is 1. The molecule has 1 unspecified atom stereocenters. The number of rotatable bonds is 4. The molecule has 0 radical (unpaired) electrons. The van der Waals surface area contributed by atoms with E-state index in [0.29, 0.717) is 5.56 Å². The average Bonchev–Trinajstić information content (AvgIpc) is 2.99. The Labute approximate surface area is 153 Å². The fourth-order valence-corrected chi connectivity index (χ4v) is 4.29. The molecule has 0 saturated carbocycles. The number of para-hydroxylation sites is 1. The van der Waals surface area contributed by atoms with Gasteiger partial charge in [-0.2, -0.15) is 0 Å². The number of carboxylic acids is 1. The fourth-order valence-electron chi connectivity index (χ4n) is 4.29. The van der Waals surface area contributed by atoms with Crippen LogP contribution in [-0.4, -0.2) is 34.0 Å². The SMILES string of the molecule is Cc1[nH]c2ccccc2c1C(c1ccccc1C(=O)O)N1CCCCC1. The van der Waals surface area contributed by atoms with Gasteiger partial charge >= 0.3 is 5.97 Å². The lowest BCUT2D eigenvalue weighted by Gasteiger charge is -2.36. The summed E-state index contributed by atoms with van der Waals surface area (Å²) in [5.74, 6) is -0.861. The number of aryl methyl sites for hydroxylation is 1. The van der Waals surface area contributed by atoms with E-state index in [-0.39, 0.29) is 6.04 Å². The van der Waals surface area contributed by atoms with Crippen molar-refractivity contribution in [2.45, 2.75) is 32.2 Å². The maximum atomic E-state index is 11.9. The van der Waals surface area contributed by atoms with E-state index in [1.165, 1.54) is 17.4 Å². The summed E-state index contributed by atoms with van der Waals surface area (Å²) in [6.07, 6.45) is 3.57. The van der Waals surface area contributed by atoms with E-state index in [1.54, 1.807) is 6.07 Å².